The van der Waals surface area contributed by atoms with Gasteiger partial charge in [-0.15, -0.1) is 0 Å². The van der Waals surface area contributed by atoms with Gasteiger partial charge in [-0.2, -0.15) is 0 Å². The van der Waals surface area contributed by atoms with Crippen LogP contribution in [0.1, 0.15) is 13.8 Å². The van der Waals surface area contributed by atoms with E-state index < -0.39 is 37.3 Å². The Labute approximate surface area is 149 Å². The van der Waals surface area contributed by atoms with Gasteiger partial charge in [-0.1, -0.05) is 0 Å². The Morgan fingerprint density at radius 2 is 0.952 bits per heavy atom. The number of benzene rings is 2. The second-order valence-corrected chi connectivity index (χ2v) is 22.3. The Hall–Kier alpha value is 0.577. The Kier molecular flexibility index (Phi) is 13.4. The summed E-state index contributed by atoms with van der Waals surface area (Å²) in [5, 5.41) is 0. The van der Waals surface area contributed by atoms with Crippen LogP contribution >= 0.6 is 17.8 Å². The summed E-state index contributed by atoms with van der Waals surface area (Å²) < 4.78 is 5.20. The molecule has 0 amide bonds. The van der Waals surface area contributed by atoms with E-state index >= 15 is 0 Å². The molecule has 0 atom stereocenters. The molecule has 0 spiro atoms. The summed E-state index contributed by atoms with van der Waals surface area (Å²) in [6.45, 7) is 4.35. The smallest absolute Gasteiger partial charge is 0.412 e. The molecule has 2 radical (unpaired) electrons. The van der Waals surface area contributed by atoms with Crippen LogP contribution in [0, 0.1) is 0 Å². The van der Waals surface area contributed by atoms with Crippen molar-refractivity contribution in [2.75, 3.05) is 0 Å². The van der Waals surface area contributed by atoms with Crippen molar-refractivity contribution >= 4 is 62.3 Å². The number of hydrogen-bond acceptors (Lipinski definition) is 0. The quantitative estimate of drug-likeness (QED) is 0.535. The molecule has 0 fully saturated rings. The number of halogens is 2. The monoisotopic (exact) mass is 540 g/mol. The summed E-state index contributed by atoms with van der Waals surface area (Å²) in [6, 6.07) is 20.9. The summed E-state index contributed by atoms with van der Waals surface area (Å²) in [7, 11) is 12.4. The van der Waals surface area contributed by atoms with E-state index in [0.29, 0.717) is 0 Å². The van der Waals surface area contributed by atoms with E-state index in [-0.39, 0.29) is 5.48 Å². The minimum absolute atomic E-state index is 0. The van der Waals surface area contributed by atoms with E-state index in [1.54, 1.807) is 0 Å². The molecule has 0 aliphatic rings. The minimum Gasteiger partial charge on any atom is -0.412 e. The summed E-state index contributed by atoms with van der Waals surface area (Å²) in [5.41, 5.74) is 0. The van der Waals surface area contributed by atoms with Crippen LogP contribution in [0.4, 0.5) is 0 Å². The van der Waals surface area contributed by atoms with Gasteiger partial charge in [-0.25, -0.2) is 0 Å². The molecule has 0 aromatic heterocycles. The average Bonchev–Trinajstić information content (AvgIpc) is 2.55. The van der Waals surface area contributed by atoms with E-state index in [9.17, 15) is 0 Å². The van der Waals surface area contributed by atoms with Crippen LogP contribution in [-0.4, -0.2) is 42.7 Å². The number of rotatable bonds is 4. The van der Waals surface area contributed by atoms with E-state index in [2.05, 4.69) is 62.4 Å². The molecular weight excluding hydrogens is 517 g/mol. The molecule has 114 valence electrons. The molecule has 1 nitrogen and oxygen atoms in total. The van der Waals surface area contributed by atoms with Gasteiger partial charge in [0.15, 0.2) is 0 Å². The normalized spacial score (nSPS) is 9.81. The first-order valence-electron chi connectivity index (χ1n) is 6.82. The first-order chi connectivity index (χ1) is 9.69. The Morgan fingerprint density at radius 3 is 1.19 bits per heavy atom. The molecule has 0 bridgehead atoms. The zero-order chi connectivity index (χ0) is 14.8. The molecule has 0 heterocycles. The predicted molar refractivity (Wildman–Crippen MR) is 99.9 cm³/mol. The molecule has 2 aromatic rings. The fourth-order valence-corrected chi connectivity index (χ4v) is 8.83. The SMILES string of the molecule is C[CH2][Sn]([Cl])[c]1ccccc1.C[CH2][Sn]([Cl])[c]1ccccc1.O. The van der Waals surface area contributed by atoms with Gasteiger partial charge in [-0.3, -0.25) is 0 Å². The van der Waals surface area contributed by atoms with Crippen LogP contribution in [0.3, 0.4) is 0 Å². The van der Waals surface area contributed by atoms with Gasteiger partial charge in [-0.05, 0) is 0 Å². The maximum absolute atomic E-state index is 6.19. The molecule has 2 N–H and O–H groups in total. The fraction of sp³-hybridized carbons (Fsp3) is 0.250. The largest absolute Gasteiger partial charge is 0.412 e. The van der Waals surface area contributed by atoms with Crippen LogP contribution in [-0.2, 0) is 0 Å². The van der Waals surface area contributed by atoms with Crippen LogP contribution in [0.15, 0.2) is 60.7 Å². The third kappa shape index (κ3) is 8.70. The Morgan fingerprint density at radius 1 is 0.667 bits per heavy atom. The zero-order valence-electron chi connectivity index (χ0n) is 12.4. The molecule has 0 aliphatic carbocycles. The van der Waals surface area contributed by atoms with Crippen molar-refractivity contribution in [2.45, 2.75) is 22.7 Å². The van der Waals surface area contributed by atoms with Crippen molar-refractivity contribution in [3.05, 3.63) is 60.7 Å². The van der Waals surface area contributed by atoms with Crippen molar-refractivity contribution in [2.24, 2.45) is 0 Å². The molecular formula is C16H22Cl2OSn2. The van der Waals surface area contributed by atoms with Crippen molar-refractivity contribution in [1.82, 2.24) is 0 Å². The molecule has 0 saturated carbocycles. The van der Waals surface area contributed by atoms with Gasteiger partial charge in [0.1, 0.15) is 0 Å². The number of hydrogen-bond donors (Lipinski definition) is 0. The molecule has 0 saturated heterocycles. The standard InChI is InChI=1S/2C6H5.2C2H5.2ClH.H2O.2Sn/c2*1-2-4-6-5-3-1;2*1-2;;;;;/h2*1-5H;2*1H2,2H3;2*1H;1H2;;/q;;;;;;;2*+1/p-2. The van der Waals surface area contributed by atoms with Gasteiger partial charge >= 0.3 is 146 Å². The second-order valence-electron chi connectivity index (χ2n) is 4.25. The predicted octanol–water partition coefficient (Wildman–Crippen LogP) is 3.46. The third-order valence-corrected chi connectivity index (χ3v) is 18.3. The van der Waals surface area contributed by atoms with Crippen LogP contribution in [0.25, 0.3) is 0 Å². The molecule has 0 aliphatic heterocycles. The molecule has 2 aromatic carbocycles. The van der Waals surface area contributed by atoms with Crippen molar-refractivity contribution in [1.29, 1.82) is 0 Å². The summed E-state index contributed by atoms with van der Waals surface area (Å²) >= 11 is -3.17. The van der Waals surface area contributed by atoms with Crippen molar-refractivity contribution in [3.63, 3.8) is 0 Å². The first kappa shape index (κ1) is 21.6. The molecule has 2 rings (SSSR count). The first-order valence-corrected chi connectivity index (χ1v) is 20.9. The van der Waals surface area contributed by atoms with Crippen molar-refractivity contribution in [3.8, 4) is 0 Å². The van der Waals surface area contributed by atoms with Gasteiger partial charge in [0.05, 0.1) is 0 Å². The van der Waals surface area contributed by atoms with E-state index in [4.69, 9.17) is 17.8 Å². The Balaban J connectivity index is 0.000000364. The molecule has 0 unspecified atom stereocenters. The van der Waals surface area contributed by atoms with E-state index in [0.717, 1.165) is 0 Å². The van der Waals surface area contributed by atoms with Gasteiger partial charge < -0.3 is 5.48 Å². The Bertz CT molecular complexity index is 423. The summed E-state index contributed by atoms with van der Waals surface area (Å²) in [5.74, 6) is 0. The van der Waals surface area contributed by atoms with Crippen LogP contribution < -0.4 is 7.16 Å². The minimum atomic E-state index is -1.59. The zero-order valence-corrected chi connectivity index (χ0v) is 19.7. The average molecular weight is 539 g/mol. The van der Waals surface area contributed by atoms with Gasteiger partial charge in [0, 0.05) is 0 Å². The molecule has 5 heteroatoms. The molecule has 21 heavy (non-hydrogen) atoms. The maximum atomic E-state index is 6.19. The van der Waals surface area contributed by atoms with Gasteiger partial charge in [0.25, 0.3) is 0 Å². The topological polar surface area (TPSA) is 31.5 Å². The van der Waals surface area contributed by atoms with Crippen molar-refractivity contribution < 1.29 is 5.48 Å². The maximum Gasteiger partial charge on any atom is -0.412 e. The van der Waals surface area contributed by atoms with Gasteiger partial charge in [0.2, 0.25) is 0 Å². The fourth-order valence-electron chi connectivity index (χ4n) is 1.65. The summed E-state index contributed by atoms with van der Waals surface area (Å²) in [6.07, 6.45) is 0. The van der Waals surface area contributed by atoms with E-state index in [1.165, 1.54) is 16.0 Å². The van der Waals surface area contributed by atoms with Crippen LogP contribution in [0.2, 0.25) is 8.87 Å². The summed E-state index contributed by atoms with van der Waals surface area (Å²) in [4.78, 5) is 0. The third-order valence-electron chi connectivity index (χ3n) is 2.79. The van der Waals surface area contributed by atoms with Crippen LogP contribution in [0.5, 0.6) is 0 Å². The van der Waals surface area contributed by atoms with E-state index in [1.807, 2.05) is 12.1 Å². The second kappa shape index (κ2) is 13.1.